The Bertz CT molecular complexity index is 983. The fourth-order valence-electron chi connectivity index (χ4n) is 2.80. The van der Waals surface area contributed by atoms with E-state index in [1.165, 1.54) is 6.92 Å². The molecular weight excluding hydrogens is 340 g/mol. The molecule has 3 rings (SSSR count). The molecule has 0 aliphatic heterocycles. The van der Waals surface area contributed by atoms with Crippen LogP contribution in [-0.4, -0.2) is 18.9 Å². The Morgan fingerprint density at radius 3 is 2.19 bits per heavy atom. The molecule has 3 aromatic rings. The highest BCUT2D eigenvalue weighted by molar-refractivity contribution is 6.10. The minimum absolute atomic E-state index is 0.200. The maximum atomic E-state index is 12.9. The lowest BCUT2D eigenvalue weighted by Crippen LogP contribution is -2.15. The lowest BCUT2D eigenvalue weighted by atomic mass is 9.99. The van der Waals surface area contributed by atoms with Crippen LogP contribution in [-0.2, 0) is 4.79 Å². The monoisotopic (exact) mass is 360 g/mol. The molecule has 0 heterocycles. The molecule has 0 atom stereocenters. The van der Waals surface area contributed by atoms with Crippen LogP contribution in [0.2, 0.25) is 0 Å². The molecule has 0 saturated carbocycles. The highest BCUT2D eigenvalue weighted by Gasteiger charge is 2.14. The third kappa shape index (κ3) is 4.33. The molecule has 27 heavy (non-hydrogen) atoms. The van der Waals surface area contributed by atoms with Crippen molar-refractivity contribution in [2.45, 2.75) is 6.92 Å². The van der Waals surface area contributed by atoms with Crippen molar-refractivity contribution in [1.29, 1.82) is 0 Å². The minimum Gasteiger partial charge on any atom is -0.497 e. The third-order valence-electron chi connectivity index (χ3n) is 4.04. The molecule has 2 N–H and O–H groups in total. The van der Waals surface area contributed by atoms with E-state index in [0.717, 1.165) is 16.9 Å². The molecule has 3 aromatic carbocycles. The number of carbonyl (C=O) groups excluding carboxylic acids is 2. The van der Waals surface area contributed by atoms with Gasteiger partial charge in [0.25, 0.3) is 5.91 Å². The van der Waals surface area contributed by atoms with E-state index in [0.29, 0.717) is 16.9 Å². The molecule has 0 aliphatic carbocycles. The maximum Gasteiger partial charge on any atom is 0.256 e. The Labute approximate surface area is 158 Å². The smallest absolute Gasteiger partial charge is 0.256 e. The Hall–Kier alpha value is -3.60. The van der Waals surface area contributed by atoms with Gasteiger partial charge in [-0.05, 0) is 41.5 Å². The number of para-hydroxylation sites is 2. The first-order chi connectivity index (χ1) is 13.1. The topological polar surface area (TPSA) is 67.4 Å². The highest BCUT2D eigenvalue weighted by atomic mass is 16.5. The van der Waals surface area contributed by atoms with Crippen LogP contribution in [0, 0.1) is 0 Å². The van der Waals surface area contributed by atoms with Gasteiger partial charge in [0.15, 0.2) is 0 Å². The standard InChI is InChI=1S/C22H20N2O3/c1-15(25)23-20-12-5-6-13-21(20)24-22(26)19-11-4-3-10-18(19)16-8-7-9-17(14-16)27-2/h3-14H,1-2H3,(H,23,25)(H,24,26). The second-order valence-electron chi connectivity index (χ2n) is 5.96. The van der Waals surface area contributed by atoms with Crippen LogP contribution < -0.4 is 15.4 Å². The van der Waals surface area contributed by atoms with Crippen LogP contribution in [0.15, 0.2) is 72.8 Å². The van der Waals surface area contributed by atoms with Crippen LogP contribution in [0.4, 0.5) is 11.4 Å². The van der Waals surface area contributed by atoms with Crippen LogP contribution in [0.25, 0.3) is 11.1 Å². The summed E-state index contributed by atoms with van der Waals surface area (Å²) in [5.74, 6) is 0.262. The van der Waals surface area contributed by atoms with E-state index >= 15 is 0 Å². The lowest BCUT2D eigenvalue weighted by Gasteiger charge is -2.14. The first kappa shape index (κ1) is 18.2. The van der Waals surface area contributed by atoms with Gasteiger partial charge in [-0.2, -0.15) is 0 Å². The Morgan fingerprint density at radius 2 is 1.48 bits per heavy atom. The zero-order chi connectivity index (χ0) is 19.2. The van der Waals surface area contributed by atoms with Crippen LogP contribution in [0.5, 0.6) is 5.75 Å². The second-order valence-corrected chi connectivity index (χ2v) is 5.96. The number of nitrogens with one attached hydrogen (secondary N) is 2. The number of benzene rings is 3. The zero-order valence-electron chi connectivity index (χ0n) is 15.2. The molecule has 0 saturated heterocycles. The maximum absolute atomic E-state index is 12.9. The molecule has 5 nitrogen and oxygen atoms in total. The van der Waals surface area contributed by atoms with Gasteiger partial charge in [-0.3, -0.25) is 9.59 Å². The van der Waals surface area contributed by atoms with E-state index in [1.807, 2.05) is 42.5 Å². The van der Waals surface area contributed by atoms with Crippen molar-refractivity contribution in [1.82, 2.24) is 0 Å². The molecule has 136 valence electrons. The third-order valence-corrected chi connectivity index (χ3v) is 4.04. The van der Waals surface area contributed by atoms with Gasteiger partial charge in [0.2, 0.25) is 5.91 Å². The van der Waals surface area contributed by atoms with Crippen molar-refractivity contribution in [3.63, 3.8) is 0 Å². The minimum atomic E-state index is -0.258. The molecule has 0 bridgehead atoms. The first-order valence-corrected chi connectivity index (χ1v) is 8.50. The molecule has 0 aliphatic rings. The van der Waals surface area contributed by atoms with Crippen molar-refractivity contribution in [3.05, 3.63) is 78.4 Å². The van der Waals surface area contributed by atoms with Gasteiger partial charge in [0.05, 0.1) is 18.5 Å². The summed E-state index contributed by atoms with van der Waals surface area (Å²) >= 11 is 0. The van der Waals surface area contributed by atoms with Gasteiger partial charge in [0, 0.05) is 12.5 Å². The van der Waals surface area contributed by atoms with Crippen molar-refractivity contribution in [2.24, 2.45) is 0 Å². The van der Waals surface area contributed by atoms with Gasteiger partial charge in [-0.25, -0.2) is 0 Å². The number of methoxy groups -OCH3 is 1. The van der Waals surface area contributed by atoms with Crippen molar-refractivity contribution in [2.75, 3.05) is 17.7 Å². The molecule has 0 unspecified atom stereocenters. The van der Waals surface area contributed by atoms with Crippen molar-refractivity contribution in [3.8, 4) is 16.9 Å². The Morgan fingerprint density at radius 1 is 0.815 bits per heavy atom. The molecule has 0 fully saturated rings. The lowest BCUT2D eigenvalue weighted by molar-refractivity contribution is -0.114. The van der Waals surface area contributed by atoms with Crippen LogP contribution in [0.1, 0.15) is 17.3 Å². The quantitative estimate of drug-likeness (QED) is 0.700. The molecule has 2 amide bonds. The van der Waals surface area contributed by atoms with E-state index in [1.54, 1.807) is 37.4 Å². The highest BCUT2D eigenvalue weighted by Crippen LogP contribution is 2.28. The predicted molar refractivity (Wildman–Crippen MR) is 107 cm³/mol. The van der Waals surface area contributed by atoms with E-state index < -0.39 is 0 Å². The summed E-state index contributed by atoms with van der Waals surface area (Å²) in [5, 5.41) is 5.61. The van der Waals surface area contributed by atoms with Crippen molar-refractivity contribution < 1.29 is 14.3 Å². The summed E-state index contributed by atoms with van der Waals surface area (Å²) in [5.41, 5.74) is 3.31. The first-order valence-electron chi connectivity index (χ1n) is 8.50. The van der Waals surface area contributed by atoms with E-state index in [9.17, 15) is 9.59 Å². The summed E-state index contributed by atoms with van der Waals surface area (Å²) in [6.07, 6.45) is 0. The molecular formula is C22H20N2O3. The molecule has 0 aromatic heterocycles. The zero-order valence-corrected chi connectivity index (χ0v) is 15.2. The van der Waals surface area contributed by atoms with Crippen LogP contribution in [0.3, 0.4) is 0 Å². The summed E-state index contributed by atoms with van der Waals surface area (Å²) in [7, 11) is 1.61. The summed E-state index contributed by atoms with van der Waals surface area (Å²) in [4.78, 5) is 24.3. The van der Waals surface area contributed by atoms with E-state index in [-0.39, 0.29) is 11.8 Å². The Balaban J connectivity index is 1.94. The van der Waals surface area contributed by atoms with Crippen LogP contribution >= 0.6 is 0 Å². The second kappa shape index (κ2) is 8.19. The molecule has 0 spiro atoms. The van der Waals surface area contributed by atoms with Gasteiger partial charge in [0.1, 0.15) is 5.75 Å². The van der Waals surface area contributed by atoms with Gasteiger partial charge < -0.3 is 15.4 Å². The molecule has 5 heteroatoms. The summed E-state index contributed by atoms with van der Waals surface area (Å²) in [6.45, 7) is 1.43. The number of carbonyl (C=O) groups is 2. The van der Waals surface area contributed by atoms with Gasteiger partial charge >= 0.3 is 0 Å². The summed E-state index contributed by atoms with van der Waals surface area (Å²) in [6, 6.07) is 22.0. The number of hydrogen-bond donors (Lipinski definition) is 2. The molecule has 0 radical (unpaired) electrons. The normalized spacial score (nSPS) is 10.1. The fraction of sp³-hybridized carbons (Fsp3) is 0.0909. The van der Waals surface area contributed by atoms with Crippen molar-refractivity contribution >= 4 is 23.2 Å². The van der Waals surface area contributed by atoms with Gasteiger partial charge in [-0.1, -0.05) is 42.5 Å². The number of ether oxygens (including phenoxy) is 1. The number of anilines is 2. The van der Waals surface area contributed by atoms with E-state index in [2.05, 4.69) is 10.6 Å². The SMILES string of the molecule is COc1cccc(-c2ccccc2C(=O)Nc2ccccc2NC(C)=O)c1. The predicted octanol–water partition coefficient (Wildman–Crippen LogP) is 4.57. The average molecular weight is 360 g/mol. The number of rotatable bonds is 5. The Kier molecular flexibility index (Phi) is 5.52. The number of hydrogen-bond acceptors (Lipinski definition) is 3. The van der Waals surface area contributed by atoms with E-state index in [4.69, 9.17) is 4.74 Å². The summed E-state index contributed by atoms with van der Waals surface area (Å²) < 4.78 is 5.28. The fourth-order valence-corrected chi connectivity index (χ4v) is 2.80. The largest absolute Gasteiger partial charge is 0.497 e. The number of amides is 2. The average Bonchev–Trinajstić information content (AvgIpc) is 2.69. The van der Waals surface area contributed by atoms with Gasteiger partial charge in [-0.15, -0.1) is 0 Å².